The van der Waals surface area contributed by atoms with Crippen molar-refractivity contribution in [1.82, 2.24) is 4.98 Å². The smallest absolute Gasteiger partial charge is 0.174 e. The molecule has 1 N–H and O–H groups in total. The number of para-hydroxylation sites is 1. The number of thioether (sulfide) groups is 1. The Hall–Kier alpha value is -1.22. The highest BCUT2D eigenvalue weighted by Crippen LogP contribution is 2.32. The number of fused-ring (bicyclic) bond motifs is 1. The lowest BCUT2D eigenvalue weighted by Crippen LogP contribution is -2.17. The highest BCUT2D eigenvalue weighted by molar-refractivity contribution is 8.00. The number of rotatable bonds is 4. The normalized spacial score (nSPS) is 23.1. The van der Waals surface area contributed by atoms with Crippen LogP contribution in [0.25, 0.3) is 10.9 Å². The van der Waals surface area contributed by atoms with Crippen molar-refractivity contribution in [2.24, 2.45) is 5.92 Å². The second-order valence-corrected chi connectivity index (χ2v) is 7.16. The van der Waals surface area contributed by atoms with Gasteiger partial charge in [-0.05, 0) is 24.8 Å². The molecule has 1 aromatic heterocycles. The van der Waals surface area contributed by atoms with Gasteiger partial charge in [-0.1, -0.05) is 38.0 Å². The molecule has 1 aliphatic rings. The molecule has 0 aliphatic heterocycles. The van der Waals surface area contributed by atoms with Crippen LogP contribution in [0.5, 0.6) is 0 Å². The molecular formula is C17H21NOS. The predicted octanol–water partition coefficient (Wildman–Crippen LogP) is 4.66. The summed E-state index contributed by atoms with van der Waals surface area (Å²) < 4.78 is 0. The number of benzene rings is 1. The fourth-order valence-electron chi connectivity index (χ4n) is 3.10. The van der Waals surface area contributed by atoms with Gasteiger partial charge in [0.1, 0.15) is 0 Å². The Balaban J connectivity index is 1.64. The average Bonchev–Trinajstić information content (AvgIpc) is 2.89. The standard InChI is InChI=1S/C17H21NOS/c1-12-5-4-6-13(9-12)20-11-17(19)15-10-18-16-8-3-2-7-14(15)16/h2-3,7-8,10,12-13,18H,4-6,9,11H2,1H3. The van der Waals surface area contributed by atoms with E-state index in [1.54, 1.807) is 0 Å². The largest absolute Gasteiger partial charge is 0.360 e. The fraction of sp³-hybridized carbons (Fsp3) is 0.471. The van der Waals surface area contributed by atoms with Crippen molar-refractivity contribution >= 4 is 28.4 Å². The van der Waals surface area contributed by atoms with Crippen LogP contribution in [0.1, 0.15) is 43.0 Å². The molecule has 3 heteroatoms. The fourth-order valence-corrected chi connectivity index (χ4v) is 4.44. The Bertz CT molecular complexity index is 604. The van der Waals surface area contributed by atoms with Gasteiger partial charge in [0.2, 0.25) is 0 Å². The molecule has 2 nitrogen and oxygen atoms in total. The van der Waals surface area contributed by atoms with Gasteiger partial charge in [-0.2, -0.15) is 11.8 Å². The Morgan fingerprint density at radius 3 is 3.05 bits per heavy atom. The van der Waals surface area contributed by atoms with Crippen molar-refractivity contribution in [2.45, 2.75) is 37.9 Å². The monoisotopic (exact) mass is 287 g/mol. The van der Waals surface area contributed by atoms with Crippen molar-refractivity contribution < 1.29 is 4.79 Å². The van der Waals surface area contributed by atoms with E-state index >= 15 is 0 Å². The molecule has 1 aliphatic carbocycles. The second kappa shape index (κ2) is 6.04. The summed E-state index contributed by atoms with van der Waals surface area (Å²) in [5.41, 5.74) is 1.89. The maximum atomic E-state index is 12.4. The van der Waals surface area contributed by atoms with Gasteiger partial charge in [0.05, 0.1) is 5.75 Å². The molecule has 20 heavy (non-hydrogen) atoms. The average molecular weight is 287 g/mol. The van der Waals surface area contributed by atoms with Crippen LogP contribution in [0.3, 0.4) is 0 Å². The third kappa shape index (κ3) is 2.93. The molecule has 0 radical (unpaired) electrons. The summed E-state index contributed by atoms with van der Waals surface area (Å²) in [6.07, 6.45) is 7.08. The molecule has 2 unspecified atom stereocenters. The third-order valence-corrected chi connectivity index (χ3v) is 5.56. The summed E-state index contributed by atoms with van der Waals surface area (Å²) in [5, 5.41) is 1.73. The summed E-state index contributed by atoms with van der Waals surface area (Å²) in [6, 6.07) is 8.02. The summed E-state index contributed by atoms with van der Waals surface area (Å²) in [7, 11) is 0. The molecule has 1 heterocycles. The maximum Gasteiger partial charge on any atom is 0.174 e. The van der Waals surface area contributed by atoms with Gasteiger partial charge in [0.15, 0.2) is 5.78 Å². The molecule has 0 spiro atoms. The van der Waals surface area contributed by atoms with Crippen LogP contribution in [-0.4, -0.2) is 21.8 Å². The van der Waals surface area contributed by atoms with E-state index in [0.717, 1.165) is 22.4 Å². The summed E-state index contributed by atoms with van der Waals surface area (Å²) in [5.74, 6) is 1.69. The van der Waals surface area contributed by atoms with Crippen LogP contribution in [-0.2, 0) is 0 Å². The molecule has 2 aromatic rings. The highest BCUT2D eigenvalue weighted by atomic mass is 32.2. The summed E-state index contributed by atoms with van der Waals surface area (Å²) in [6.45, 7) is 2.33. The minimum atomic E-state index is 0.255. The molecule has 106 valence electrons. The van der Waals surface area contributed by atoms with Crippen LogP contribution < -0.4 is 0 Å². The van der Waals surface area contributed by atoms with E-state index in [2.05, 4.69) is 11.9 Å². The number of Topliss-reactive ketones (excluding diaryl/α,β-unsaturated/α-hetero) is 1. The van der Waals surface area contributed by atoms with E-state index in [1.807, 2.05) is 42.2 Å². The number of hydrogen-bond acceptors (Lipinski definition) is 2. The van der Waals surface area contributed by atoms with E-state index in [9.17, 15) is 4.79 Å². The molecular weight excluding hydrogens is 266 g/mol. The third-order valence-electron chi connectivity index (χ3n) is 4.23. The number of aromatic nitrogens is 1. The van der Waals surface area contributed by atoms with E-state index in [0.29, 0.717) is 11.0 Å². The minimum Gasteiger partial charge on any atom is -0.360 e. The zero-order valence-electron chi connectivity index (χ0n) is 11.9. The topological polar surface area (TPSA) is 32.9 Å². The lowest BCUT2D eigenvalue weighted by atomic mass is 9.91. The van der Waals surface area contributed by atoms with Crippen molar-refractivity contribution in [3.05, 3.63) is 36.0 Å². The molecule has 1 saturated carbocycles. The van der Waals surface area contributed by atoms with Gasteiger partial charge in [-0.25, -0.2) is 0 Å². The summed E-state index contributed by atoms with van der Waals surface area (Å²) in [4.78, 5) is 15.6. The number of nitrogens with one attached hydrogen (secondary N) is 1. The van der Waals surface area contributed by atoms with Gasteiger partial charge < -0.3 is 4.98 Å². The lowest BCUT2D eigenvalue weighted by molar-refractivity contribution is 0.102. The SMILES string of the molecule is CC1CCCC(SCC(=O)c2c[nH]c3ccccc23)C1. The number of carbonyl (C=O) groups is 1. The molecule has 0 saturated heterocycles. The zero-order valence-corrected chi connectivity index (χ0v) is 12.7. The van der Waals surface area contributed by atoms with Crippen molar-refractivity contribution in [3.8, 4) is 0 Å². The highest BCUT2D eigenvalue weighted by Gasteiger charge is 2.21. The first-order valence-electron chi connectivity index (χ1n) is 7.45. The predicted molar refractivity (Wildman–Crippen MR) is 86.5 cm³/mol. The number of carbonyl (C=O) groups excluding carboxylic acids is 1. The number of ketones is 1. The first-order chi connectivity index (χ1) is 9.74. The summed E-state index contributed by atoms with van der Waals surface area (Å²) >= 11 is 1.85. The van der Waals surface area contributed by atoms with Crippen LogP contribution >= 0.6 is 11.8 Å². The number of aromatic amines is 1. The number of hydrogen-bond donors (Lipinski definition) is 1. The lowest BCUT2D eigenvalue weighted by Gasteiger charge is -2.25. The van der Waals surface area contributed by atoms with Crippen molar-refractivity contribution in [1.29, 1.82) is 0 Å². The van der Waals surface area contributed by atoms with E-state index in [-0.39, 0.29) is 5.78 Å². The Morgan fingerprint density at radius 1 is 1.35 bits per heavy atom. The Morgan fingerprint density at radius 2 is 2.20 bits per heavy atom. The molecule has 2 atom stereocenters. The van der Waals surface area contributed by atoms with Crippen LogP contribution in [0, 0.1) is 5.92 Å². The second-order valence-electron chi connectivity index (χ2n) is 5.88. The van der Waals surface area contributed by atoms with E-state index in [1.165, 1.54) is 25.7 Å². The first-order valence-corrected chi connectivity index (χ1v) is 8.50. The van der Waals surface area contributed by atoms with Crippen LogP contribution in [0.4, 0.5) is 0 Å². The molecule has 0 amide bonds. The molecule has 3 rings (SSSR count). The van der Waals surface area contributed by atoms with Crippen LogP contribution in [0.15, 0.2) is 30.5 Å². The van der Waals surface area contributed by atoms with Gasteiger partial charge in [-0.15, -0.1) is 0 Å². The van der Waals surface area contributed by atoms with Crippen LogP contribution in [0.2, 0.25) is 0 Å². The quantitative estimate of drug-likeness (QED) is 0.829. The molecule has 1 aromatic carbocycles. The zero-order chi connectivity index (χ0) is 13.9. The first kappa shape index (κ1) is 13.7. The molecule has 0 bridgehead atoms. The minimum absolute atomic E-state index is 0.255. The molecule has 1 fully saturated rings. The number of H-pyrrole nitrogens is 1. The van der Waals surface area contributed by atoms with Gasteiger partial charge in [0.25, 0.3) is 0 Å². The van der Waals surface area contributed by atoms with E-state index < -0.39 is 0 Å². The van der Waals surface area contributed by atoms with E-state index in [4.69, 9.17) is 0 Å². The van der Waals surface area contributed by atoms with Gasteiger partial charge in [-0.3, -0.25) is 4.79 Å². The Labute approximate surface area is 124 Å². The van der Waals surface area contributed by atoms with Gasteiger partial charge >= 0.3 is 0 Å². The van der Waals surface area contributed by atoms with Crippen molar-refractivity contribution in [3.63, 3.8) is 0 Å². The van der Waals surface area contributed by atoms with Crippen molar-refractivity contribution in [2.75, 3.05) is 5.75 Å². The Kier molecular flexibility index (Phi) is 4.16. The van der Waals surface area contributed by atoms with Gasteiger partial charge in [0, 0.05) is 27.9 Å². The maximum absolute atomic E-state index is 12.4.